The first-order valence-corrected chi connectivity index (χ1v) is 7.14. The van der Waals surface area contributed by atoms with Gasteiger partial charge in [-0.25, -0.2) is 9.97 Å². The van der Waals surface area contributed by atoms with E-state index in [0.29, 0.717) is 5.82 Å². The van der Waals surface area contributed by atoms with Crippen LogP contribution in [-0.4, -0.2) is 9.97 Å². The molecule has 0 aliphatic rings. The molecule has 4 heteroatoms. The maximum Gasteiger partial charge on any atom is 0.131 e. The Bertz CT molecular complexity index is 479. The van der Waals surface area contributed by atoms with Gasteiger partial charge in [-0.1, -0.05) is 30.3 Å². The molecule has 0 saturated carbocycles. The van der Waals surface area contributed by atoms with Crippen LogP contribution in [0, 0.1) is 3.70 Å². The number of hydrogen-bond acceptors (Lipinski definition) is 3. The molecule has 1 heterocycles. The SMILES string of the molecule is Nc1ncnc(I)c1CCCCc1ccccc1. The molecule has 2 rings (SSSR count). The Balaban J connectivity index is 1.82. The Morgan fingerprint density at radius 2 is 1.72 bits per heavy atom. The van der Waals surface area contributed by atoms with Gasteiger partial charge in [0.2, 0.25) is 0 Å². The largest absolute Gasteiger partial charge is 0.383 e. The molecule has 0 amide bonds. The molecular formula is C14H16IN3. The first kappa shape index (κ1) is 13.3. The minimum atomic E-state index is 0.620. The number of benzene rings is 1. The van der Waals surface area contributed by atoms with Crippen LogP contribution in [0.2, 0.25) is 0 Å². The zero-order valence-corrected chi connectivity index (χ0v) is 12.3. The Morgan fingerprint density at radius 1 is 1.00 bits per heavy atom. The van der Waals surface area contributed by atoms with Crippen molar-refractivity contribution < 1.29 is 0 Å². The van der Waals surface area contributed by atoms with Crippen molar-refractivity contribution in [3.05, 3.63) is 51.5 Å². The lowest BCUT2D eigenvalue weighted by Crippen LogP contribution is -2.02. The molecule has 0 atom stereocenters. The van der Waals surface area contributed by atoms with E-state index in [1.54, 1.807) is 0 Å². The molecule has 0 bridgehead atoms. The zero-order chi connectivity index (χ0) is 12.8. The van der Waals surface area contributed by atoms with Crippen molar-refractivity contribution in [2.45, 2.75) is 25.7 Å². The molecule has 0 aliphatic heterocycles. The van der Waals surface area contributed by atoms with Gasteiger partial charge >= 0.3 is 0 Å². The van der Waals surface area contributed by atoms with Crippen LogP contribution >= 0.6 is 22.6 Å². The third-order valence-corrected chi connectivity index (χ3v) is 3.84. The predicted octanol–water partition coefficient (Wildman–Crippen LogP) is 3.23. The first-order chi connectivity index (χ1) is 8.77. The van der Waals surface area contributed by atoms with Gasteiger partial charge in [0.15, 0.2) is 0 Å². The number of halogens is 1. The van der Waals surface area contributed by atoms with Crippen molar-refractivity contribution in [2.75, 3.05) is 5.73 Å². The first-order valence-electron chi connectivity index (χ1n) is 6.06. The number of nitrogens with two attached hydrogens (primary N) is 1. The van der Waals surface area contributed by atoms with Crippen molar-refractivity contribution in [1.29, 1.82) is 0 Å². The summed E-state index contributed by atoms with van der Waals surface area (Å²) < 4.78 is 0.972. The quantitative estimate of drug-likeness (QED) is 0.510. The highest BCUT2D eigenvalue weighted by atomic mass is 127. The van der Waals surface area contributed by atoms with Crippen molar-refractivity contribution in [3.8, 4) is 0 Å². The lowest BCUT2D eigenvalue weighted by atomic mass is 10.0. The smallest absolute Gasteiger partial charge is 0.131 e. The maximum absolute atomic E-state index is 5.86. The number of nitrogens with zero attached hydrogens (tertiary/aromatic N) is 2. The highest BCUT2D eigenvalue weighted by Crippen LogP contribution is 2.17. The van der Waals surface area contributed by atoms with Gasteiger partial charge in [0.05, 0.1) is 0 Å². The van der Waals surface area contributed by atoms with Gasteiger partial charge < -0.3 is 5.73 Å². The predicted molar refractivity (Wildman–Crippen MR) is 82.2 cm³/mol. The molecule has 2 N–H and O–H groups in total. The monoisotopic (exact) mass is 353 g/mol. The lowest BCUT2D eigenvalue weighted by Gasteiger charge is -2.06. The second kappa shape index (κ2) is 6.68. The topological polar surface area (TPSA) is 51.8 Å². The molecule has 0 fully saturated rings. The summed E-state index contributed by atoms with van der Waals surface area (Å²) in [4.78, 5) is 8.21. The number of rotatable bonds is 5. The average Bonchev–Trinajstić information content (AvgIpc) is 2.38. The van der Waals surface area contributed by atoms with Crippen LogP contribution in [0.5, 0.6) is 0 Å². The van der Waals surface area contributed by atoms with Crippen LogP contribution in [0.4, 0.5) is 5.82 Å². The van der Waals surface area contributed by atoms with Crippen LogP contribution in [0.3, 0.4) is 0 Å². The lowest BCUT2D eigenvalue weighted by molar-refractivity contribution is 0.729. The molecule has 0 unspecified atom stereocenters. The summed E-state index contributed by atoms with van der Waals surface area (Å²) in [7, 11) is 0. The van der Waals surface area contributed by atoms with Crippen molar-refractivity contribution >= 4 is 28.4 Å². The van der Waals surface area contributed by atoms with Crippen LogP contribution in [0.1, 0.15) is 24.0 Å². The number of aromatic nitrogens is 2. The Kier molecular flexibility index (Phi) is 4.92. The zero-order valence-electron chi connectivity index (χ0n) is 10.1. The van der Waals surface area contributed by atoms with E-state index in [1.165, 1.54) is 11.9 Å². The second-order valence-corrected chi connectivity index (χ2v) is 5.24. The van der Waals surface area contributed by atoms with Crippen LogP contribution in [0.25, 0.3) is 0 Å². The number of unbranched alkanes of at least 4 members (excludes halogenated alkanes) is 1. The van der Waals surface area contributed by atoms with E-state index < -0.39 is 0 Å². The summed E-state index contributed by atoms with van der Waals surface area (Å²) in [6.07, 6.45) is 5.87. The Hall–Kier alpha value is -1.17. The van der Waals surface area contributed by atoms with E-state index in [-0.39, 0.29) is 0 Å². The molecule has 0 radical (unpaired) electrons. The summed E-state index contributed by atoms with van der Waals surface area (Å²) >= 11 is 2.22. The van der Waals surface area contributed by atoms with Gasteiger partial charge in [0, 0.05) is 5.56 Å². The number of aryl methyl sites for hydroxylation is 1. The third-order valence-electron chi connectivity index (χ3n) is 2.91. The summed E-state index contributed by atoms with van der Waals surface area (Å²) in [5.41, 5.74) is 8.34. The Labute approximate surface area is 121 Å². The van der Waals surface area contributed by atoms with Gasteiger partial charge in [0.25, 0.3) is 0 Å². The van der Waals surface area contributed by atoms with E-state index in [0.717, 1.165) is 34.9 Å². The van der Waals surface area contributed by atoms with Gasteiger partial charge in [-0.2, -0.15) is 0 Å². The van der Waals surface area contributed by atoms with E-state index in [1.807, 2.05) is 6.07 Å². The molecule has 94 valence electrons. The molecule has 0 spiro atoms. The fourth-order valence-electron chi connectivity index (χ4n) is 1.91. The number of hydrogen-bond donors (Lipinski definition) is 1. The molecule has 0 aliphatic carbocycles. The van der Waals surface area contributed by atoms with Crippen LogP contribution in [0.15, 0.2) is 36.7 Å². The number of anilines is 1. The Morgan fingerprint density at radius 3 is 2.44 bits per heavy atom. The van der Waals surface area contributed by atoms with Gasteiger partial charge in [-0.05, 0) is 53.8 Å². The molecule has 3 nitrogen and oxygen atoms in total. The minimum Gasteiger partial charge on any atom is -0.383 e. The molecule has 18 heavy (non-hydrogen) atoms. The highest BCUT2D eigenvalue weighted by molar-refractivity contribution is 14.1. The normalized spacial score (nSPS) is 10.5. The summed E-state index contributed by atoms with van der Waals surface area (Å²) in [6.45, 7) is 0. The fourth-order valence-corrected chi connectivity index (χ4v) is 2.58. The summed E-state index contributed by atoms with van der Waals surface area (Å²) in [6, 6.07) is 10.6. The minimum absolute atomic E-state index is 0.620. The molecule has 1 aromatic heterocycles. The van der Waals surface area contributed by atoms with Gasteiger partial charge in [0.1, 0.15) is 15.8 Å². The average molecular weight is 353 g/mol. The van der Waals surface area contributed by atoms with E-state index in [4.69, 9.17) is 5.73 Å². The van der Waals surface area contributed by atoms with Crippen LogP contribution in [-0.2, 0) is 12.8 Å². The van der Waals surface area contributed by atoms with E-state index >= 15 is 0 Å². The molecule has 2 aromatic rings. The van der Waals surface area contributed by atoms with E-state index in [9.17, 15) is 0 Å². The van der Waals surface area contributed by atoms with Gasteiger partial charge in [-0.15, -0.1) is 0 Å². The van der Waals surface area contributed by atoms with Crippen molar-refractivity contribution in [3.63, 3.8) is 0 Å². The van der Waals surface area contributed by atoms with Crippen molar-refractivity contribution in [2.24, 2.45) is 0 Å². The number of nitrogen functional groups attached to an aromatic ring is 1. The van der Waals surface area contributed by atoms with E-state index in [2.05, 4.69) is 56.8 Å². The van der Waals surface area contributed by atoms with Gasteiger partial charge in [-0.3, -0.25) is 0 Å². The standard InChI is InChI=1S/C14H16IN3/c15-13-12(14(16)18-10-17-13)9-5-4-8-11-6-2-1-3-7-11/h1-3,6-7,10H,4-5,8-9H2,(H2,16,17,18). The van der Waals surface area contributed by atoms with Crippen LogP contribution < -0.4 is 5.73 Å². The van der Waals surface area contributed by atoms with Crippen molar-refractivity contribution in [1.82, 2.24) is 9.97 Å². The molecule has 1 aromatic carbocycles. The molecule has 0 saturated heterocycles. The maximum atomic E-state index is 5.86. The second-order valence-electron chi connectivity index (χ2n) is 4.22. The molecular weight excluding hydrogens is 337 g/mol. The summed E-state index contributed by atoms with van der Waals surface area (Å²) in [5.74, 6) is 0.620. The highest BCUT2D eigenvalue weighted by Gasteiger charge is 2.06. The summed E-state index contributed by atoms with van der Waals surface area (Å²) in [5, 5.41) is 0. The third kappa shape index (κ3) is 3.66. The fraction of sp³-hybridized carbons (Fsp3) is 0.286.